The van der Waals surface area contributed by atoms with E-state index in [9.17, 15) is 14.0 Å². The molecule has 114 valence electrons. The molecule has 1 aliphatic heterocycles. The Balaban J connectivity index is 2.33. The van der Waals surface area contributed by atoms with Crippen molar-refractivity contribution in [2.24, 2.45) is 5.92 Å². The SMILES string of the molecule is COC(=O)[C@@H]1[C@@H]2CC([C@@H](F)C2)[N+]1(C)C(=O)OC(C)(C)C. The molecule has 2 rings (SSSR count). The second-order valence-corrected chi connectivity index (χ2v) is 6.91. The van der Waals surface area contributed by atoms with E-state index in [1.807, 2.05) is 0 Å². The zero-order valence-corrected chi connectivity index (χ0v) is 12.7. The van der Waals surface area contributed by atoms with Gasteiger partial charge in [-0.25, -0.2) is 13.7 Å². The number of likely N-dealkylation sites (N-methyl/N-ethyl adjacent to an activating group) is 1. The van der Waals surface area contributed by atoms with Crippen LogP contribution in [-0.4, -0.2) is 54.6 Å². The van der Waals surface area contributed by atoms with Crippen LogP contribution in [-0.2, 0) is 14.3 Å². The molecule has 0 aromatic rings. The number of likely N-dealkylation sites (tertiary alicyclic amines) is 1. The van der Waals surface area contributed by atoms with Gasteiger partial charge in [-0.3, -0.25) is 0 Å². The highest BCUT2D eigenvalue weighted by atomic mass is 19.1. The van der Waals surface area contributed by atoms with Gasteiger partial charge in [0.2, 0.25) is 6.04 Å². The van der Waals surface area contributed by atoms with Crippen molar-refractivity contribution >= 4 is 12.1 Å². The summed E-state index contributed by atoms with van der Waals surface area (Å²) in [4.78, 5) is 24.6. The van der Waals surface area contributed by atoms with Crippen LogP contribution in [0.5, 0.6) is 0 Å². The van der Waals surface area contributed by atoms with Gasteiger partial charge in [0.1, 0.15) is 11.6 Å². The smallest absolute Gasteiger partial charge is 0.465 e. The van der Waals surface area contributed by atoms with Gasteiger partial charge in [-0.15, -0.1) is 0 Å². The summed E-state index contributed by atoms with van der Waals surface area (Å²) in [7, 11) is 2.88. The Morgan fingerprint density at radius 1 is 1.25 bits per heavy atom. The number of amides is 1. The topological polar surface area (TPSA) is 52.6 Å². The highest BCUT2D eigenvalue weighted by Crippen LogP contribution is 2.49. The standard InChI is InChI=1S/C14H23FNO4/c1-14(2,3)20-13(18)16(4)10-7-8(6-9(10)15)11(16)12(17)19-5/h8-11H,6-7H2,1-5H3/q+1/t8-,9-,10?,11-,16?/m0/s1. The number of carbonyl (C=O) groups is 2. The molecular formula is C14H23FNO4+. The normalized spacial score (nSPS) is 39.7. The van der Waals surface area contributed by atoms with Crippen molar-refractivity contribution in [1.82, 2.24) is 0 Å². The first-order valence-corrected chi connectivity index (χ1v) is 6.92. The fourth-order valence-corrected chi connectivity index (χ4v) is 3.60. The van der Waals surface area contributed by atoms with Crippen LogP contribution in [0.2, 0.25) is 0 Å². The lowest BCUT2D eigenvalue weighted by Gasteiger charge is -2.41. The molecule has 1 saturated carbocycles. The van der Waals surface area contributed by atoms with Crippen LogP contribution in [0.15, 0.2) is 0 Å². The van der Waals surface area contributed by atoms with E-state index in [2.05, 4.69) is 0 Å². The number of fused-ring (bicyclic) bond motifs is 2. The number of esters is 1. The van der Waals surface area contributed by atoms with Gasteiger partial charge in [0, 0.05) is 12.3 Å². The van der Waals surface area contributed by atoms with E-state index in [1.165, 1.54) is 7.11 Å². The molecule has 6 heteroatoms. The Bertz CT molecular complexity index is 433. The van der Waals surface area contributed by atoms with E-state index >= 15 is 0 Å². The van der Waals surface area contributed by atoms with E-state index in [4.69, 9.17) is 9.47 Å². The molecule has 0 aromatic carbocycles. The van der Waals surface area contributed by atoms with Crippen LogP contribution in [0.1, 0.15) is 33.6 Å². The molecule has 1 heterocycles. The number of nitrogens with zero attached hydrogens (tertiary/aromatic N) is 1. The van der Waals surface area contributed by atoms with E-state index in [0.29, 0.717) is 12.8 Å². The number of halogens is 1. The molecule has 1 saturated heterocycles. The summed E-state index contributed by atoms with van der Waals surface area (Å²) < 4.78 is 24.0. The summed E-state index contributed by atoms with van der Waals surface area (Å²) in [6, 6.07) is -1.18. The number of ether oxygens (including phenoxy) is 2. The second-order valence-electron chi connectivity index (χ2n) is 6.91. The number of methoxy groups -OCH3 is 1. The first kappa shape index (κ1) is 15.2. The minimum Gasteiger partial charge on any atom is -0.465 e. The Labute approximate surface area is 118 Å². The lowest BCUT2D eigenvalue weighted by Crippen LogP contribution is -2.66. The van der Waals surface area contributed by atoms with E-state index < -0.39 is 35.9 Å². The fourth-order valence-electron chi connectivity index (χ4n) is 3.60. The molecular weight excluding hydrogens is 265 g/mol. The fraction of sp³-hybridized carbons (Fsp3) is 0.857. The molecule has 2 fully saturated rings. The number of quaternary nitrogens is 1. The number of hydrogen-bond donors (Lipinski definition) is 0. The molecule has 0 N–H and O–H groups in total. The molecule has 2 bridgehead atoms. The van der Waals surface area contributed by atoms with E-state index in [1.54, 1.807) is 27.8 Å². The first-order valence-electron chi connectivity index (χ1n) is 6.92. The molecule has 0 spiro atoms. The number of hydrogen-bond acceptors (Lipinski definition) is 4. The van der Waals surface area contributed by atoms with Crippen molar-refractivity contribution in [3.05, 3.63) is 0 Å². The van der Waals surface area contributed by atoms with Gasteiger partial charge in [0.15, 0.2) is 6.17 Å². The maximum absolute atomic E-state index is 14.1. The van der Waals surface area contributed by atoms with Crippen LogP contribution in [0, 0.1) is 5.92 Å². The zero-order chi connectivity index (χ0) is 15.3. The molecule has 2 aliphatic rings. The summed E-state index contributed by atoms with van der Waals surface area (Å²) in [6.07, 6.45) is -0.779. The maximum atomic E-state index is 14.1. The number of rotatable bonds is 1. The van der Waals surface area contributed by atoms with E-state index in [-0.39, 0.29) is 10.4 Å². The van der Waals surface area contributed by atoms with Crippen molar-refractivity contribution in [2.75, 3.05) is 14.2 Å². The average molecular weight is 288 g/mol. The minimum absolute atomic E-state index is 0.153. The van der Waals surface area contributed by atoms with Crippen LogP contribution < -0.4 is 0 Å². The van der Waals surface area contributed by atoms with Gasteiger partial charge in [0.05, 0.1) is 14.2 Å². The van der Waals surface area contributed by atoms with Gasteiger partial charge in [-0.2, -0.15) is 4.79 Å². The predicted octanol–water partition coefficient (Wildman–Crippen LogP) is 2.04. The summed E-state index contributed by atoms with van der Waals surface area (Å²) >= 11 is 0. The second kappa shape index (κ2) is 4.69. The lowest BCUT2D eigenvalue weighted by atomic mass is 9.96. The van der Waals surface area contributed by atoms with Crippen LogP contribution in [0.3, 0.4) is 0 Å². The number of carbonyl (C=O) groups excluding carboxylic acids is 2. The third kappa shape index (κ3) is 2.20. The third-order valence-corrected chi connectivity index (χ3v) is 4.43. The largest absolute Gasteiger partial charge is 0.517 e. The Hall–Kier alpha value is -1.17. The van der Waals surface area contributed by atoms with Crippen molar-refractivity contribution in [3.63, 3.8) is 0 Å². The number of piperidine rings is 1. The summed E-state index contributed by atoms with van der Waals surface area (Å²) in [6.45, 7) is 5.27. The molecule has 2 unspecified atom stereocenters. The first-order chi connectivity index (χ1) is 9.11. The minimum atomic E-state index is -1.07. The summed E-state index contributed by atoms with van der Waals surface area (Å²) in [5, 5.41) is 0. The highest BCUT2D eigenvalue weighted by molar-refractivity contribution is 5.78. The van der Waals surface area contributed by atoms with Crippen LogP contribution in [0.25, 0.3) is 0 Å². The molecule has 20 heavy (non-hydrogen) atoms. The van der Waals surface area contributed by atoms with Crippen LogP contribution >= 0.6 is 0 Å². The zero-order valence-electron chi connectivity index (χ0n) is 12.7. The Kier molecular flexibility index (Phi) is 3.57. The van der Waals surface area contributed by atoms with Crippen molar-refractivity contribution in [2.45, 2.75) is 57.5 Å². The van der Waals surface area contributed by atoms with Gasteiger partial charge in [-0.1, -0.05) is 0 Å². The van der Waals surface area contributed by atoms with Gasteiger partial charge < -0.3 is 9.47 Å². The summed E-state index contributed by atoms with van der Waals surface area (Å²) in [5.74, 6) is -0.613. The highest BCUT2D eigenvalue weighted by Gasteiger charge is 2.68. The van der Waals surface area contributed by atoms with Crippen molar-refractivity contribution < 1.29 is 27.9 Å². The predicted molar refractivity (Wildman–Crippen MR) is 69.6 cm³/mol. The Morgan fingerprint density at radius 3 is 2.35 bits per heavy atom. The molecule has 0 aromatic heterocycles. The summed E-state index contributed by atoms with van der Waals surface area (Å²) in [5.41, 5.74) is -0.674. The molecule has 5 nitrogen and oxygen atoms in total. The Morgan fingerprint density at radius 2 is 1.85 bits per heavy atom. The molecule has 1 aliphatic carbocycles. The maximum Gasteiger partial charge on any atom is 0.517 e. The van der Waals surface area contributed by atoms with E-state index in [0.717, 1.165) is 0 Å². The van der Waals surface area contributed by atoms with Gasteiger partial charge >= 0.3 is 12.1 Å². The quantitative estimate of drug-likeness (QED) is 0.547. The molecule has 5 atom stereocenters. The van der Waals surface area contributed by atoms with Gasteiger partial charge in [0.25, 0.3) is 0 Å². The monoisotopic (exact) mass is 288 g/mol. The third-order valence-electron chi connectivity index (χ3n) is 4.43. The molecule has 1 amide bonds. The van der Waals surface area contributed by atoms with Crippen molar-refractivity contribution in [3.8, 4) is 0 Å². The average Bonchev–Trinajstić information content (AvgIpc) is 2.81. The van der Waals surface area contributed by atoms with Gasteiger partial charge in [-0.05, 0) is 27.2 Å². The lowest BCUT2D eigenvalue weighted by molar-refractivity contribution is -0.875. The van der Waals surface area contributed by atoms with Crippen LogP contribution in [0.4, 0.5) is 9.18 Å². The molecule has 0 radical (unpaired) electrons. The van der Waals surface area contributed by atoms with Crippen molar-refractivity contribution in [1.29, 1.82) is 0 Å². The number of alkyl halides is 1.